The molecule has 0 saturated carbocycles. The molecular weight excluding hydrogens is 254 g/mol. The normalized spacial score (nSPS) is 23.3. The largest absolute Gasteiger partial charge is 0.497 e. The summed E-state index contributed by atoms with van der Waals surface area (Å²) in [7, 11) is -0.377. The highest BCUT2D eigenvalue weighted by Gasteiger charge is 2.40. The number of rotatable bonds is 3. The molecule has 18 heavy (non-hydrogen) atoms. The average molecular weight is 271 g/mol. The lowest BCUT2D eigenvalue weighted by Crippen LogP contribution is -2.36. The maximum Gasteiger partial charge on any atom is 0.304 e. The number of anilines is 1. The minimum atomic E-state index is -3.47. The van der Waals surface area contributed by atoms with Gasteiger partial charge in [-0.15, -0.1) is 0 Å². The number of nitrogens with zero attached hydrogens (tertiary/aromatic N) is 2. The van der Waals surface area contributed by atoms with Crippen LogP contribution in [0.3, 0.4) is 0 Å². The molecule has 1 saturated heterocycles. The third kappa shape index (κ3) is 2.05. The van der Waals surface area contributed by atoms with E-state index < -0.39 is 10.2 Å². The number of ether oxygens (including phenoxy) is 1. The first-order valence-electron chi connectivity index (χ1n) is 5.60. The van der Waals surface area contributed by atoms with Crippen LogP contribution in [0.5, 0.6) is 5.75 Å². The van der Waals surface area contributed by atoms with Gasteiger partial charge in [-0.2, -0.15) is 12.7 Å². The Morgan fingerprint density at radius 2 is 2.22 bits per heavy atom. The molecule has 1 heterocycles. The third-order valence-electron chi connectivity index (χ3n) is 3.15. The van der Waals surface area contributed by atoms with Gasteiger partial charge in [-0.25, -0.2) is 0 Å². The van der Waals surface area contributed by atoms with Crippen molar-refractivity contribution in [1.29, 1.82) is 0 Å². The van der Waals surface area contributed by atoms with Crippen LogP contribution in [-0.4, -0.2) is 46.0 Å². The van der Waals surface area contributed by atoms with Crippen LogP contribution in [0.2, 0.25) is 0 Å². The highest BCUT2D eigenvalue weighted by atomic mass is 32.2. The minimum Gasteiger partial charge on any atom is -0.497 e. The number of methoxy groups -OCH3 is 1. The quantitative estimate of drug-likeness (QED) is 0.841. The molecule has 0 radical (unpaired) electrons. The molecule has 1 aromatic rings. The maximum atomic E-state index is 12.2. The molecule has 7 heteroatoms. The maximum absolute atomic E-state index is 12.2. The first-order valence-corrected chi connectivity index (χ1v) is 7.00. The van der Waals surface area contributed by atoms with Gasteiger partial charge in [0.2, 0.25) is 0 Å². The lowest BCUT2D eigenvalue weighted by atomic mass is 10.2. The molecule has 0 aromatic heterocycles. The first-order chi connectivity index (χ1) is 8.50. The van der Waals surface area contributed by atoms with Crippen molar-refractivity contribution in [1.82, 2.24) is 4.31 Å². The zero-order valence-electron chi connectivity index (χ0n) is 10.4. The van der Waals surface area contributed by atoms with Gasteiger partial charge in [0.05, 0.1) is 25.4 Å². The van der Waals surface area contributed by atoms with Crippen molar-refractivity contribution in [2.45, 2.75) is 6.04 Å². The van der Waals surface area contributed by atoms with E-state index in [0.29, 0.717) is 24.5 Å². The van der Waals surface area contributed by atoms with Gasteiger partial charge in [-0.3, -0.25) is 4.31 Å². The Kier molecular flexibility index (Phi) is 3.47. The fourth-order valence-corrected chi connectivity index (χ4v) is 3.55. The number of nitrogens with two attached hydrogens (primary N) is 1. The molecule has 0 amide bonds. The van der Waals surface area contributed by atoms with Gasteiger partial charge in [0.15, 0.2) is 0 Å². The minimum absolute atomic E-state index is 0.193. The predicted octanol–water partition coefficient (Wildman–Crippen LogP) is 0.0191. The Hall–Kier alpha value is -1.31. The molecule has 1 aliphatic heterocycles. The first kappa shape index (κ1) is 13.1. The van der Waals surface area contributed by atoms with E-state index in [2.05, 4.69) is 0 Å². The van der Waals surface area contributed by atoms with Crippen LogP contribution in [0.25, 0.3) is 0 Å². The van der Waals surface area contributed by atoms with Crippen molar-refractivity contribution < 1.29 is 13.2 Å². The number of hydrogen-bond acceptors (Lipinski definition) is 4. The molecule has 0 bridgehead atoms. The Balaban J connectivity index is 2.39. The lowest BCUT2D eigenvalue weighted by molar-refractivity contribution is 0.414. The highest BCUT2D eigenvalue weighted by Crippen LogP contribution is 2.29. The predicted molar refractivity (Wildman–Crippen MR) is 69.9 cm³/mol. The fraction of sp³-hybridized carbons (Fsp3) is 0.455. The van der Waals surface area contributed by atoms with E-state index in [1.807, 2.05) is 0 Å². The van der Waals surface area contributed by atoms with Crippen molar-refractivity contribution in [2.75, 3.05) is 31.6 Å². The summed E-state index contributed by atoms with van der Waals surface area (Å²) in [6.07, 6.45) is 0. The van der Waals surface area contributed by atoms with Crippen molar-refractivity contribution in [3.05, 3.63) is 24.3 Å². The molecule has 0 aliphatic carbocycles. The van der Waals surface area contributed by atoms with E-state index in [-0.39, 0.29) is 6.04 Å². The van der Waals surface area contributed by atoms with Crippen LogP contribution >= 0.6 is 0 Å². The Labute approximate surface area is 107 Å². The summed E-state index contributed by atoms with van der Waals surface area (Å²) in [5.41, 5.74) is 6.18. The zero-order chi connectivity index (χ0) is 13.3. The summed E-state index contributed by atoms with van der Waals surface area (Å²) in [5, 5.41) is 0. The summed E-state index contributed by atoms with van der Waals surface area (Å²) in [6.45, 7) is 0.665. The van der Waals surface area contributed by atoms with E-state index in [1.165, 1.54) is 8.61 Å². The summed E-state index contributed by atoms with van der Waals surface area (Å²) in [5.74, 6) is 0.626. The fourth-order valence-electron chi connectivity index (χ4n) is 1.97. The average Bonchev–Trinajstić information content (AvgIpc) is 2.61. The summed E-state index contributed by atoms with van der Waals surface area (Å²) < 4.78 is 32.2. The van der Waals surface area contributed by atoms with Crippen molar-refractivity contribution >= 4 is 15.9 Å². The van der Waals surface area contributed by atoms with Crippen LogP contribution in [0, 0.1) is 0 Å². The molecule has 1 atom stereocenters. The molecule has 1 fully saturated rings. The van der Waals surface area contributed by atoms with Gasteiger partial charge in [-0.05, 0) is 12.1 Å². The molecule has 0 spiro atoms. The Morgan fingerprint density at radius 3 is 2.78 bits per heavy atom. The van der Waals surface area contributed by atoms with E-state index >= 15 is 0 Å². The Morgan fingerprint density at radius 1 is 1.50 bits per heavy atom. The molecule has 2 rings (SSSR count). The van der Waals surface area contributed by atoms with Crippen LogP contribution < -0.4 is 14.8 Å². The van der Waals surface area contributed by atoms with Crippen molar-refractivity contribution in [2.24, 2.45) is 5.73 Å². The van der Waals surface area contributed by atoms with Crippen LogP contribution in [0.4, 0.5) is 5.69 Å². The molecule has 1 unspecified atom stereocenters. The number of hydrogen-bond donors (Lipinski definition) is 1. The highest BCUT2D eigenvalue weighted by molar-refractivity contribution is 7.90. The molecular formula is C11H17N3O3S. The second kappa shape index (κ2) is 4.75. The van der Waals surface area contributed by atoms with Gasteiger partial charge >= 0.3 is 10.2 Å². The number of benzene rings is 1. The number of likely N-dealkylation sites (N-methyl/N-ethyl adjacent to an activating group) is 1. The van der Waals surface area contributed by atoms with E-state index in [1.54, 1.807) is 38.4 Å². The molecule has 2 N–H and O–H groups in total. The molecule has 6 nitrogen and oxygen atoms in total. The standard InChI is InChI=1S/C11H17N3O3S/c1-13-10(7-12)8-14(18(13,15)16)9-4-3-5-11(6-9)17-2/h3-6,10H,7-8,12H2,1-2H3. The second-order valence-corrected chi connectivity index (χ2v) is 6.06. The van der Waals surface area contributed by atoms with E-state index in [0.717, 1.165) is 0 Å². The van der Waals surface area contributed by atoms with Crippen LogP contribution in [0.1, 0.15) is 0 Å². The Bertz CT molecular complexity index is 532. The summed E-state index contributed by atoms with van der Waals surface area (Å²) in [6, 6.07) is 6.79. The summed E-state index contributed by atoms with van der Waals surface area (Å²) in [4.78, 5) is 0. The van der Waals surface area contributed by atoms with Crippen molar-refractivity contribution in [3.8, 4) is 5.75 Å². The van der Waals surface area contributed by atoms with Crippen LogP contribution in [0.15, 0.2) is 24.3 Å². The zero-order valence-corrected chi connectivity index (χ0v) is 11.2. The molecule has 1 aliphatic rings. The SMILES string of the molecule is COc1cccc(N2CC(CN)N(C)S2(=O)=O)c1. The third-order valence-corrected chi connectivity index (χ3v) is 5.09. The van der Waals surface area contributed by atoms with Crippen LogP contribution in [-0.2, 0) is 10.2 Å². The van der Waals surface area contributed by atoms with Crippen molar-refractivity contribution in [3.63, 3.8) is 0 Å². The second-order valence-electron chi connectivity index (χ2n) is 4.15. The summed E-state index contributed by atoms with van der Waals surface area (Å²) >= 11 is 0. The molecule has 100 valence electrons. The lowest BCUT2D eigenvalue weighted by Gasteiger charge is -2.18. The van der Waals surface area contributed by atoms with Gasteiger partial charge in [0, 0.05) is 19.7 Å². The van der Waals surface area contributed by atoms with Gasteiger partial charge < -0.3 is 10.5 Å². The smallest absolute Gasteiger partial charge is 0.304 e. The monoisotopic (exact) mass is 271 g/mol. The van der Waals surface area contributed by atoms with E-state index in [4.69, 9.17) is 10.5 Å². The van der Waals surface area contributed by atoms with Gasteiger partial charge in [0.1, 0.15) is 5.75 Å². The van der Waals surface area contributed by atoms with Gasteiger partial charge in [0.25, 0.3) is 0 Å². The van der Waals surface area contributed by atoms with E-state index in [9.17, 15) is 8.42 Å². The molecule has 1 aromatic carbocycles. The van der Waals surface area contributed by atoms with Gasteiger partial charge in [-0.1, -0.05) is 6.07 Å². The topological polar surface area (TPSA) is 75.9 Å².